The van der Waals surface area contributed by atoms with E-state index in [4.69, 9.17) is 4.74 Å². The first-order valence-corrected chi connectivity index (χ1v) is 8.56. The van der Waals surface area contributed by atoms with Gasteiger partial charge in [-0.2, -0.15) is 0 Å². The van der Waals surface area contributed by atoms with Gasteiger partial charge in [-0.05, 0) is 66.4 Å². The van der Waals surface area contributed by atoms with Crippen LogP contribution < -0.4 is 10.1 Å². The van der Waals surface area contributed by atoms with Gasteiger partial charge in [0.15, 0.2) is 0 Å². The molecule has 0 saturated heterocycles. The van der Waals surface area contributed by atoms with Crippen LogP contribution in [-0.2, 0) is 0 Å². The third-order valence-electron chi connectivity index (χ3n) is 3.72. The van der Waals surface area contributed by atoms with Gasteiger partial charge in [0.25, 0.3) is 0 Å². The van der Waals surface area contributed by atoms with Gasteiger partial charge in [0, 0.05) is 6.04 Å². The lowest BCUT2D eigenvalue weighted by Crippen LogP contribution is -2.25. The maximum atomic E-state index is 5.59. The fraction of sp³-hybridized carbons (Fsp3) is 0.647. The molecule has 114 valence electrons. The fourth-order valence-corrected chi connectivity index (χ4v) is 3.39. The molecule has 0 bridgehead atoms. The Kier molecular flexibility index (Phi) is 8.24. The van der Waals surface area contributed by atoms with Crippen molar-refractivity contribution in [3.8, 4) is 5.75 Å². The predicted octanol–water partition coefficient (Wildman–Crippen LogP) is 5.32. The Balaban J connectivity index is 2.95. The van der Waals surface area contributed by atoms with Gasteiger partial charge in [0.05, 0.1) is 11.1 Å². The van der Waals surface area contributed by atoms with Gasteiger partial charge in [-0.1, -0.05) is 32.8 Å². The Morgan fingerprint density at radius 1 is 1.15 bits per heavy atom. The second-order valence-corrected chi connectivity index (χ2v) is 6.08. The van der Waals surface area contributed by atoms with Crippen LogP contribution in [-0.4, -0.2) is 13.7 Å². The van der Waals surface area contributed by atoms with E-state index in [-0.39, 0.29) is 0 Å². The number of halogens is 1. The van der Waals surface area contributed by atoms with Gasteiger partial charge in [0.1, 0.15) is 5.75 Å². The Morgan fingerprint density at radius 2 is 1.80 bits per heavy atom. The summed E-state index contributed by atoms with van der Waals surface area (Å²) < 4.78 is 6.64. The summed E-state index contributed by atoms with van der Waals surface area (Å²) in [5.74, 6) is 1.62. The standard InChI is InChI=1S/C17H28BrNO/c1-5-8-13(9-6-2)17(19-4)14-10-11-16(20-7-3)15(18)12-14/h10-13,17,19H,5-9H2,1-4H3. The quantitative estimate of drug-likeness (QED) is 0.655. The minimum Gasteiger partial charge on any atom is -0.493 e. The molecule has 0 fully saturated rings. The molecule has 20 heavy (non-hydrogen) atoms. The van der Waals surface area contributed by atoms with E-state index in [2.05, 4.69) is 60.3 Å². The largest absolute Gasteiger partial charge is 0.493 e. The van der Waals surface area contributed by atoms with E-state index in [1.807, 2.05) is 6.92 Å². The molecule has 0 spiro atoms. The number of hydrogen-bond donors (Lipinski definition) is 1. The number of hydrogen-bond acceptors (Lipinski definition) is 2. The van der Waals surface area contributed by atoms with E-state index >= 15 is 0 Å². The molecular weight excluding hydrogens is 314 g/mol. The average molecular weight is 342 g/mol. The topological polar surface area (TPSA) is 21.3 Å². The molecule has 3 heteroatoms. The van der Waals surface area contributed by atoms with Crippen LogP contribution in [0.4, 0.5) is 0 Å². The van der Waals surface area contributed by atoms with Crippen molar-refractivity contribution in [2.45, 2.75) is 52.5 Å². The number of nitrogens with one attached hydrogen (secondary N) is 1. The first-order chi connectivity index (χ1) is 9.67. The summed E-state index contributed by atoms with van der Waals surface area (Å²) in [6, 6.07) is 6.88. The van der Waals surface area contributed by atoms with Gasteiger partial charge >= 0.3 is 0 Å². The van der Waals surface area contributed by atoms with Gasteiger partial charge in [0.2, 0.25) is 0 Å². The van der Waals surface area contributed by atoms with Gasteiger partial charge < -0.3 is 10.1 Å². The fourth-order valence-electron chi connectivity index (χ4n) is 2.88. The highest BCUT2D eigenvalue weighted by Gasteiger charge is 2.21. The lowest BCUT2D eigenvalue weighted by molar-refractivity contribution is 0.327. The van der Waals surface area contributed by atoms with Crippen LogP contribution in [0.5, 0.6) is 5.75 Å². The van der Waals surface area contributed by atoms with Crippen LogP contribution in [0.3, 0.4) is 0 Å². The molecule has 0 aliphatic heterocycles. The van der Waals surface area contributed by atoms with Crippen LogP contribution in [0.1, 0.15) is 58.1 Å². The summed E-state index contributed by atoms with van der Waals surface area (Å²) in [6.45, 7) is 7.24. The maximum Gasteiger partial charge on any atom is 0.133 e. The van der Waals surface area contributed by atoms with Crippen LogP contribution in [0.2, 0.25) is 0 Å². The van der Waals surface area contributed by atoms with Crippen molar-refractivity contribution in [3.63, 3.8) is 0 Å². The molecule has 0 heterocycles. The SMILES string of the molecule is CCCC(CCC)C(NC)c1ccc(OCC)c(Br)c1. The Bertz CT molecular complexity index is 389. The van der Waals surface area contributed by atoms with Crippen molar-refractivity contribution in [1.82, 2.24) is 5.32 Å². The summed E-state index contributed by atoms with van der Waals surface area (Å²) in [6.07, 6.45) is 5.01. The van der Waals surface area contributed by atoms with Crippen molar-refractivity contribution in [2.75, 3.05) is 13.7 Å². The zero-order valence-corrected chi connectivity index (χ0v) is 14.8. The Labute approximate surface area is 132 Å². The molecule has 1 aromatic rings. The van der Waals surface area contributed by atoms with Crippen molar-refractivity contribution in [3.05, 3.63) is 28.2 Å². The molecule has 0 radical (unpaired) electrons. The summed E-state index contributed by atoms with van der Waals surface area (Å²) >= 11 is 3.62. The van der Waals surface area contributed by atoms with Crippen molar-refractivity contribution >= 4 is 15.9 Å². The molecule has 1 unspecified atom stereocenters. The molecule has 0 amide bonds. The second kappa shape index (κ2) is 9.41. The molecule has 2 nitrogen and oxygen atoms in total. The van der Waals surface area contributed by atoms with E-state index in [1.165, 1.54) is 31.2 Å². The third-order valence-corrected chi connectivity index (χ3v) is 4.34. The molecule has 1 rings (SSSR count). The summed E-state index contributed by atoms with van der Waals surface area (Å²) in [5, 5.41) is 3.51. The highest BCUT2D eigenvalue weighted by atomic mass is 79.9. The Hall–Kier alpha value is -0.540. The Morgan fingerprint density at radius 3 is 2.25 bits per heavy atom. The average Bonchev–Trinajstić information content (AvgIpc) is 2.43. The van der Waals surface area contributed by atoms with Crippen LogP contribution in [0, 0.1) is 5.92 Å². The summed E-state index contributed by atoms with van der Waals surface area (Å²) in [7, 11) is 2.06. The number of ether oxygens (including phenoxy) is 1. The van der Waals surface area contributed by atoms with E-state index in [0.717, 1.165) is 10.2 Å². The minimum absolute atomic E-state index is 0.418. The first-order valence-electron chi connectivity index (χ1n) is 7.77. The molecule has 1 atom stereocenters. The van der Waals surface area contributed by atoms with E-state index in [0.29, 0.717) is 18.6 Å². The highest BCUT2D eigenvalue weighted by molar-refractivity contribution is 9.10. The number of rotatable bonds is 9. The van der Waals surface area contributed by atoms with Gasteiger partial charge in [-0.15, -0.1) is 0 Å². The van der Waals surface area contributed by atoms with E-state index in [9.17, 15) is 0 Å². The maximum absolute atomic E-state index is 5.59. The zero-order chi connectivity index (χ0) is 15.0. The summed E-state index contributed by atoms with van der Waals surface area (Å²) in [4.78, 5) is 0. The molecular formula is C17H28BrNO. The van der Waals surface area contributed by atoms with E-state index < -0.39 is 0 Å². The third kappa shape index (κ3) is 4.78. The molecule has 1 aromatic carbocycles. The minimum atomic E-state index is 0.418. The van der Waals surface area contributed by atoms with Crippen molar-refractivity contribution in [2.24, 2.45) is 5.92 Å². The van der Waals surface area contributed by atoms with Crippen LogP contribution >= 0.6 is 15.9 Å². The van der Waals surface area contributed by atoms with Gasteiger partial charge in [-0.25, -0.2) is 0 Å². The normalized spacial score (nSPS) is 12.7. The summed E-state index contributed by atoms with van der Waals surface area (Å²) in [5.41, 5.74) is 1.34. The van der Waals surface area contributed by atoms with Crippen LogP contribution in [0.25, 0.3) is 0 Å². The van der Waals surface area contributed by atoms with E-state index in [1.54, 1.807) is 0 Å². The lowest BCUT2D eigenvalue weighted by atomic mass is 9.86. The van der Waals surface area contributed by atoms with Crippen molar-refractivity contribution < 1.29 is 4.74 Å². The molecule has 0 saturated carbocycles. The molecule has 0 aliphatic rings. The first kappa shape index (κ1) is 17.5. The molecule has 1 N–H and O–H groups in total. The monoisotopic (exact) mass is 341 g/mol. The van der Waals surface area contributed by atoms with Crippen LogP contribution in [0.15, 0.2) is 22.7 Å². The lowest BCUT2D eigenvalue weighted by Gasteiger charge is -2.27. The smallest absolute Gasteiger partial charge is 0.133 e. The van der Waals surface area contributed by atoms with Gasteiger partial charge in [-0.3, -0.25) is 0 Å². The molecule has 0 aliphatic carbocycles. The second-order valence-electron chi connectivity index (χ2n) is 5.23. The zero-order valence-electron chi connectivity index (χ0n) is 13.2. The highest BCUT2D eigenvalue weighted by Crippen LogP contribution is 2.34. The van der Waals surface area contributed by atoms with Crippen molar-refractivity contribution in [1.29, 1.82) is 0 Å². The number of benzene rings is 1. The predicted molar refractivity (Wildman–Crippen MR) is 90.4 cm³/mol. The molecule has 0 aromatic heterocycles.